The number of allylic oxidation sites excluding steroid dienone is 3. The van der Waals surface area contributed by atoms with Crippen LogP contribution in [0.15, 0.2) is 38.0 Å². The smallest absolute Gasteiger partial charge is 0.147 e. The van der Waals surface area contributed by atoms with Gasteiger partial charge in [0.15, 0.2) is 0 Å². The second kappa shape index (κ2) is 10.3. The average Bonchev–Trinajstić information content (AvgIpc) is 1.90. The van der Waals surface area contributed by atoms with Gasteiger partial charge in [-0.05, 0) is 0 Å². The first-order chi connectivity index (χ1) is 4.85. The molecule has 0 aromatic carbocycles. The van der Waals surface area contributed by atoms with Crippen LogP contribution in [-0.2, 0) is 0 Å². The van der Waals surface area contributed by atoms with Gasteiger partial charge in [-0.3, -0.25) is 0 Å². The first-order valence-corrected chi connectivity index (χ1v) is 10.7. The molecule has 0 rings (SSSR count). The van der Waals surface area contributed by atoms with E-state index >= 15 is 0 Å². The molecule has 0 aliphatic rings. The summed E-state index contributed by atoms with van der Waals surface area (Å²) in [5, 5.41) is 0. The van der Waals surface area contributed by atoms with Crippen LogP contribution in [-0.4, -0.2) is 19.8 Å². The molecule has 0 saturated carbocycles. The van der Waals surface area contributed by atoms with Gasteiger partial charge in [-0.25, -0.2) is 0 Å². The molecule has 0 aliphatic carbocycles. The molecule has 0 bridgehead atoms. The van der Waals surface area contributed by atoms with Crippen LogP contribution in [0.1, 0.15) is 0 Å². The molecular formula is C9H17ClSn. The minimum Gasteiger partial charge on any atom is -0.147 e. The van der Waals surface area contributed by atoms with E-state index in [1.165, 1.54) is 13.3 Å². The van der Waals surface area contributed by atoms with Crippen LogP contribution < -0.4 is 0 Å². The van der Waals surface area contributed by atoms with Gasteiger partial charge in [0.05, 0.1) is 0 Å². The second-order valence-electron chi connectivity index (χ2n) is 2.44. The molecule has 0 heterocycles. The van der Waals surface area contributed by atoms with E-state index in [2.05, 4.69) is 19.7 Å². The van der Waals surface area contributed by atoms with Crippen LogP contribution in [0, 0.1) is 0 Å². The summed E-state index contributed by atoms with van der Waals surface area (Å²) in [6.07, 6.45) is 6.15. The summed E-state index contributed by atoms with van der Waals surface area (Å²) >= 11 is -1.23. The van der Waals surface area contributed by atoms with Gasteiger partial charge in [0.2, 0.25) is 0 Å². The molecule has 0 aromatic heterocycles. The molecule has 0 spiro atoms. The summed E-state index contributed by atoms with van der Waals surface area (Å²) in [4.78, 5) is 0. The van der Waals surface area contributed by atoms with Crippen molar-refractivity contribution < 1.29 is 0 Å². The maximum Gasteiger partial charge on any atom is -0.147 e. The van der Waals surface area contributed by atoms with Crippen LogP contribution in [0.3, 0.4) is 0 Å². The number of hydrogen-bond acceptors (Lipinski definition) is 0. The third-order valence-corrected chi connectivity index (χ3v) is 10.1. The van der Waals surface area contributed by atoms with Gasteiger partial charge < -0.3 is 0 Å². The average molecular weight is 279 g/mol. The van der Waals surface area contributed by atoms with E-state index in [0.717, 1.165) is 0 Å². The molecule has 2 heteroatoms. The first-order valence-electron chi connectivity index (χ1n) is 3.67. The van der Waals surface area contributed by atoms with Gasteiger partial charge in [0, 0.05) is 0 Å². The Morgan fingerprint density at radius 1 is 0.818 bits per heavy atom. The van der Waals surface area contributed by atoms with Crippen molar-refractivity contribution in [2.75, 3.05) is 0 Å². The van der Waals surface area contributed by atoms with Gasteiger partial charge >= 0.3 is 71.0 Å². The van der Waals surface area contributed by atoms with Gasteiger partial charge in [0.25, 0.3) is 0 Å². The molecule has 0 amide bonds. The zero-order valence-electron chi connectivity index (χ0n) is 6.96. The van der Waals surface area contributed by atoms with E-state index in [-0.39, 0.29) is 12.4 Å². The summed E-state index contributed by atoms with van der Waals surface area (Å²) in [5.41, 5.74) is 0. The third kappa shape index (κ3) is 8.21. The molecule has 0 fully saturated rings. The molecule has 11 heavy (non-hydrogen) atoms. The minimum absolute atomic E-state index is 0. The summed E-state index contributed by atoms with van der Waals surface area (Å²) in [7, 11) is 0. The Hall–Kier alpha value is 0.309. The van der Waals surface area contributed by atoms with Crippen molar-refractivity contribution in [3.63, 3.8) is 0 Å². The van der Waals surface area contributed by atoms with E-state index < -0.39 is 19.8 Å². The SMILES string of the molecule is C=C[CH2][SnH]([CH2]C=C)[CH2]C=C.Cl. The normalized spacial score (nSPS) is 8.45. The maximum atomic E-state index is 3.75. The molecule has 64 valence electrons. The zero-order valence-corrected chi connectivity index (χ0v) is 11.1. The fraction of sp³-hybridized carbons (Fsp3) is 0.333. The Kier molecular flexibility index (Phi) is 13.0. The fourth-order valence-corrected chi connectivity index (χ4v) is 6.68. The van der Waals surface area contributed by atoms with Gasteiger partial charge in [-0.2, -0.15) is 0 Å². The standard InChI is InChI=1S/3C3H5.ClH.Sn.H/c3*1-3-2;;;/h3*3H,1-2H2;1H;;. The van der Waals surface area contributed by atoms with E-state index in [0.29, 0.717) is 0 Å². The summed E-state index contributed by atoms with van der Waals surface area (Å²) in [5.74, 6) is 0. The zero-order chi connectivity index (χ0) is 7.82. The monoisotopic (exact) mass is 280 g/mol. The molecule has 0 N–H and O–H groups in total. The Labute approximate surface area is 83.2 Å². The second-order valence-corrected chi connectivity index (χ2v) is 11.4. The van der Waals surface area contributed by atoms with E-state index in [4.69, 9.17) is 0 Å². The molecule has 0 radical (unpaired) electrons. The Balaban J connectivity index is 0. The molecule has 0 unspecified atom stereocenters. The van der Waals surface area contributed by atoms with Crippen molar-refractivity contribution in [1.82, 2.24) is 0 Å². The molecule has 0 nitrogen and oxygen atoms in total. The molecule has 0 aliphatic heterocycles. The summed E-state index contributed by atoms with van der Waals surface area (Å²) < 4.78 is 3.83. The van der Waals surface area contributed by atoms with Crippen LogP contribution >= 0.6 is 12.4 Å². The van der Waals surface area contributed by atoms with Crippen molar-refractivity contribution in [1.29, 1.82) is 0 Å². The molecule has 0 aromatic rings. The van der Waals surface area contributed by atoms with Crippen molar-refractivity contribution >= 4 is 32.2 Å². The third-order valence-electron chi connectivity index (χ3n) is 1.50. The fourth-order valence-electron chi connectivity index (χ4n) is 0.996. The first kappa shape index (κ1) is 13.9. The summed E-state index contributed by atoms with van der Waals surface area (Å²) in [6, 6.07) is 0. The Morgan fingerprint density at radius 2 is 1.09 bits per heavy atom. The summed E-state index contributed by atoms with van der Waals surface area (Å²) in [6.45, 7) is 11.2. The van der Waals surface area contributed by atoms with E-state index in [1.54, 1.807) is 0 Å². The minimum atomic E-state index is -1.23. The van der Waals surface area contributed by atoms with Gasteiger partial charge in [0.1, 0.15) is 0 Å². The number of halogens is 1. The van der Waals surface area contributed by atoms with Crippen molar-refractivity contribution in [3.05, 3.63) is 38.0 Å². The Bertz CT molecular complexity index is 97.0. The maximum absolute atomic E-state index is 3.75. The topological polar surface area (TPSA) is 0 Å². The largest absolute Gasteiger partial charge is 0.147 e. The Morgan fingerprint density at radius 3 is 1.27 bits per heavy atom. The van der Waals surface area contributed by atoms with Gasteiger partial charge in [-0.15, -0.1) is 12.4 Å². The molecule has 0 saturated heterocycles. The van der Waals surface area contributed by atoms with Crippen LogP contribution in [0.2, 0.25) is 13.3 Å². The van der Waals surface area contributed by atoms with E-state index in [1.807, 2.05) is 18.2 Å². The predicted octanol–water partition coefficient (Wildman–Crippen LogP) is 3.19. The van der Waals surface area contributed by atoms with Crippen LogP contribution in [0.4, 0.5) is 0 Å². The van der Waals surface area contributed by atoms with Crippen LogP contribution in [0.25, 0.3) is 0 Å². The van der Waals surface area contributed by atoms with Crippen molar-refractivity contribution in [2.45, 2.75) is 13.3 Å². The predicted molar refractivity (Wildman–Crippen MR) is 59.4 cm³/mol. The van der Waals surface area contributed by atoms with Gasteiger partial charge in [-0.1, -0.05) is 0 Å². The van der Waals surface area contributed by atoms with Crippen LogP contribution in [0.5, 0.6) is 0 Å². The van der Waals surface area contributed by atoms with E-state index in [9.17, 15) is 0 Å². The number of hydrogen-bond donors (Lipinski definition) is 0. The molecular weight excluding hydrogens is 262 g/mol. The quantitative estimate of drug-likeness (QED) is 0.517. The molecule has 0 atom stereocenters. The van der Waals surface area contributed by atoms with Crippen molar-refractivity contribution in [3.8, 4) is 0 Å². The number of rotatable bonds is 6. The van der Waals surface area contributed by atoms with Crippen molar-refractivity contribution in [2.24, 2.45) is 0 Å².